The zero-order chi connectivity index (χ0) is 28.2. The number of esters is 1. The molecule has 0 aliphatic carbocycles. The highest BCUT2D eigenvalue weighted by Crippen LogP contribution is 2.32. The molecular weight excluding hydrogens is 532 g/mol. The van der Waals surface area contributed by atoms with Crippen LogP contribution in [0.15, 0.2) is 76.7 Å². The quantitative estimate of drug-likeness (QED) is 0.150. The maximum Gasteiger partial charge on any atom is 0.340 e. The van der Waals surface area contributed by atoms with Crippen molar-refractivity contribution in [3.8, 4) is 17.2 Å². The first-order valence-electron chi connectivity index (χ1n) is 12.4. The lowest BCUT2D eigenvalue weighted by atomic mass is 10.2. The van der Waals surface area contributed by atoms with Gasteiger partial charge in [0.1, 0.15) is 11.0 Å². The van der Waals surface area contributed by atoms with E-state index in [2.05, 4.69) is 10.3 Å². The van der Waals surface area contributed by atoms with Crippen LogP contribution in [0.4, 0.5) is 5.69 Å². The molecule has 0 bridgehead atoms. The Morgan fingerprint density at radius 1 is 1.00 bits per heavy atom. The summed E-state index contributed by atoms with van der Waals surface area (Å²) >= 11 is 1.10. The van der Waals surface area contributed by atoms with Gasteiger partial charge in [0.15, 0.2) is 16.7 Å². The van der Waals surface area contributed by atoms with Crippen molar-refractivity contribution in [2.24, 2.45) is 0 Å². The molecular formula is C29H26N4O6S. The van der Waals surface area contributed by atoms with Gasteiger partial charge in [0, 0.05) is 17.0 Å². The summed E-state index contributed by atoms with van der Waals surface area (Å²) in [6.07, 6.45) is 0. The van der Waals surface area contributed by atoms with Crippen molar-refractivity contribution < 1.29 is 23.8 Å². The van der Waals surface area contributed by atoms with Crippen LogP contribution in [0.1, 0.15) is 17.3 Å². The molecule has 5 rings (SSSR count). The van der Waals surface area contributed by atoms with E-state index in [1.54, 1.807) is 49.4 Å². The summed E-state index contributed by atoms with van der Waals surface area (Å²) in [5.74, 6) is -0.0422. The second-order valence-corrected chi connectivity index (χ2v) is 9.51. The maximum atomic E-state index is 13.8. The summed E-state index contributed by atoms with van der Waals surface area (Å²) in [6, 6.07) is 19.2. The highest BCUT2D eigenvalue weighted by Gasteiger charge is 2.20. The highest BCUT2D eigenvalue weighted by atomic mass is 32.2. The van der Waals surface area contributed by atoms with Crippen molar-refractivity contribution in [2.45, 2.75) is 12.1 Å². The van der Waals surface area contributed by atoms with Crippen LogP contribution in [0.25, 0.3) is 27.6 Å². The van der Waals surface area contributed by atoms with Crippen LogP contribution in [0.3, 0.4) is 0 Å². The zero-order valence-electron chi connectivity index (χ0n) is 22.0. The van der Waals surface area contributed by atoms with E-state index in [1.807, 2.05) is 24.3 Å². The third-order valence-corrected chi connectivity index (χ3v) is 7.09. The van der Waals surface area contributed by atoms with Crippen molar-refractivity contribution in [3.05, 3.63) is 82.6 Å². The molecule has 10 nitrogen and oxygen atoms in total. The van der Waals surface area contributed by atoms with E-state index in [9.17, 15) is 14.4 Å². The fourth-order valence-corrected chi connectivity index (χ4v) is 5.13. The number of carbonyl (C=O) groups excluding carboxylic acids is 2. The number of fused-ring (bicyclic) bond motifs is 3. The van der Waals surface area contributed by atoms with E-state index in [-0.39, 0.29) is 29.4 Å². The predicted molar refractivity (Wildman–Crippen MR) is 154 cm³/mol. The summed E-state index contributed by atoms with van der Waals surface area (Å²) in [7, 11) is 3.04. The molecule has 0 spiro atoms. The minimum absolute atomic E-state index is 0.0786. The molecule has 0 aliphatic heterocycles. The van der Waals surface area contributed by atoms with Gasteiger partial charge in [-0.3, -0.25) is 14.2 Å². The van der Waals surface area contributed by atoms with Gasteiger partial charge in [0.05, 0.1) is 43.5 Å². The normalized spacial score (nSPS) is 11.0. The molecule has 2 heterocycles. The number of hydrogen-bond donors (Lipinski definition) is 2. The molecule has 40 heavy (non-hydrogen) atoms. The van der Waals surface area contributed by atoms with E-state index in [0.29, 0.717) is 39.1 Å². The number of nitrogens with one attached hydrogen (secondary N) is 2. The fourth-order valence-electron chi connectivity index (χ4n) is 4.33. The molecule has 3 aromatic carbocycles. The van der Waals surface area contributed by atoms with E-state index in [4.69, 9.17) is 19.2 Å². The molecule has 0 saturated carbocycles. The van der Waals surface area contributed by atoms with Crippen molar-refractivity contribution in [1.82, 2.24) is 14.5 Å². The second kappa shape index (κ2) is 11.5. The Morgan fingerprint density at radius 2 is 1.75 bits per heavy atom. The number of methoxy groups -OCH3 is 2. The number of rotatable bonds is 9. The Kier molecular flexibility index (Phi) is 7.74. The number of hydrogen-bond acceptors (Lipinski definition) is 8. The Bertz CT molecular complexity index is 1800. The first kappa shape index (κ1) is 26.8. The summed E-state index contributed by atoms with van der Waals surface area (Å²) in [4.78, 5) is 47.2. The lowest BCUT2D eigenvalue weighted by Crippen LogP contribution is -2.23. The van der Waals surface area contributed by atoms with Crippen molar-refractivity contribution in [1.29, 1.82) is 0 Å². The van der Waals surface area contributed by atoms with E-state index >= 15 is 0 Å². The van der Waals surface area contributed by atoms with Crippen molar-refractivity contribution >= 4 is 51.3 Å². The minimum atomic E-state index is -0.528. The third-order valence-electron chi connectivity index (χ3n) is 6.15. The monoisotopic (exact) mass is 558 g/mol. The first-order valence-corrected chi connectivity index (χ1v) is 13.4. The molecule has 5 aromatic rings. The predicted octanol–water partition coefficient (Wildman–Crippen LogP) is 4.79. The summed E-state index contributed by atoms with van der Waals surface area (Å²) in [5.41, 5.74) is 2.37. The number of benzene rings is 3. The van der Waals surface area contributed by atoms with Gasteiger partial charge in [-0.15, -0.1) is 0 Å². The number of para-hydroxylation sites is 2. The van der Waals surface area contributed by atoms with Crippen molar-refractivity contribution in [2.75, 3.05) is 31.9 Å². The Morgan fingerprint density at radius 3 is 2.52 bits per heavy atom. The Labute approximate surface area is 233 Å². The minimum Gasteiger partial charge on any atom is -0.493 e. The standard InChI is InChI=1S/C29H26N4O6S/c1-4-39-28(36)19-10-6-8-12-21(19)30-24(34)16-40-29-32-25-18-9-5-7-11-20(18)31-26(25)27(35)33(29)17-13-14-22(37-2)23(15-17)38-3/h5-15,31H,4,16H2,1-3H3,(H,30,34). The molecule has 204 valence electrons. The van der Waals surface area contributed by atoms with E-state index in [1.165, 1.54) is 18.8 Å². The number of thioether (sulfide) groups is 1. The Hall–Kier alpha value is -4.77. The van der Waals surface area contributed by atoms with Crippen LogP contribution in [0, 0.1) is 0 Å². The Balaban J connectivity index is 1.54. The van der Waals surface area contributed by atoms with Gasteiger partial charge in [0.25, 0.3) is 5.56 Å². The van der Waals surface area contributed by atoms with Gasteiger partial charge in [-0.05, 0) is 37.3 Å². The molecule has 11 heteroatoms. The van der Waals surface area contributed by atoms with Crippen LogP contribution in [-0.4, -0.2) is 53.0 Å². The number of carbonyl (C=O) groups is 2. The molecule has 2 N–H and O–H groups in total. The molecule has 0 radical (unpaired) electrons. The van der Waals surface area contributed by atoms with Crippen LogP contribution in [-0.2, 0) is 9.53 Å². The zero-order valence-corrected chi connectivity index (χ0v) is 22.8. The second-order valence-electron chi connectivity index (χ2n) is 8.57. The van der Waals surface area contributed by atoms with Gasteiger partial charge in [-0.1, -0.05) is 42.1 Å². The number of nitrogens with zero attached hydrogens (tertiary/aromatic N) is 2. The van der Waals surface area contributed by atoms with Gasteiger partial charge in [0.2, 0.25) is 5.91 Å². The summed E-state index contributed by atoms with van der Waals surface area (Å²) < 4.78 is 17.3. The van der Waals surface area contributed by atoms with E-state index < -0.39 is 5.97 Å². The largest absolute Gasteiger partial charge is 0.493 e. The van der Waals surface area contributed by atoms with Crippen molar-refractivity contribution in [3.63, 3.8) is 0 Å². The lowest BCUT2D eigenvalue weighted by molar-refractivity contribution is -0.113. The first-order chi connectivity index (χ1) is 19.4. The number of ether oxygens (including phenoxy) is 3. The topological polar surface area (TPSA) is 125 Å². The van der Waals surface area contributed by atoms with Crippen LogP contribution in [0.5, 0.6) is 11.5 Å². The molecule has 1 amide bonds. The average Bonchev–Trinajstić information content (AvgIpc) is 3.35. The number of aromatic nitrogens is 3. The van der Waals surface area contributed by atoms with Gasteiger partial charge < -0.3 is 24.5 Å². The van der Waals surface area contributed by atoms with Gasteiger partial charge in [-0.2, -0.15) is 0 Å². The molecule has 0 atom stereocenters. The number of amides is 1. The van der Waals surface area contributed by atoms with Crippen LogP contribution >= 0.6 is 11.8 Å². The van der Waals surface area contributed by atoms with Gasteiger partial charge in [-0.25, -0.2) is 9.78 Å². The molecule has 0 unspecified atom stereocenters. The molecule has 0 fully saturated rings. The average molecular weight is 559 g/mol. The third kappa shape index (κ3) is 5.10. The highest BCUT2D eigenvalue weighted by molar-refractivity contribution is 7.99. The lowest BCUT2D eigenvalue weighted by Gasteiger charge is -2.15. The number of anilines is 1. The molecule has 0 saturated heterocycles. The SMILES string of the molecule is CCOC(=O)c1ccccc1NC(=O)CSc1nc2c([nH]c3ccccc32)c(=O)n1-c1ccc(OC)c(OC)c1. The summed E-state index contributed by atoms with van der Waals surface area (Å²) in [5, 5.41) is 3.87. The molecule has 0 aliphatic rings. The van der Waals surface area contributed by atoms with Gasteiger partial charge >= 0.3 is 5.97 Å². The van der Waals surface area contributed by atoms with Crippen LogP contribution in [0.2, 0.25) is 0 Å². The smallest absolute Gasteiger partial charge is 0.340 e. The molecule has 2 aromatic heterocycles. The van der Waals surface area contributed by atoms with Crippen LogP contribution < -0.4 is 20.3 Å². The summed E-state index contributed by atoms with van der Waals surface area (Å²) in [6.45, 7) is 1.93. The van der Waals surface area contributed by atoms with E-state index in [0.717, 1.165) is 22.7 Å². The fraction of sp³-hybridized carbons (Fsp3) is 0.172. The number of H-pyrrole nitrogens is 1. The number of aromatic amines is 1. The maximum absolute atomic E-state index is 13.8.